The lowest BCUT2D eigenvalue weighted by atomic mass is 9.51. The van der Waals surface area contributed by atoms with E-state index in [1.807, 2.05) is 0 Å². The Hall–Kier alpha value is -0.910. The highest BCUT2D eigenvalue weighted by Crippen LogP contribution is 2.59. The van der Waals surface area contributed by atoms with Gasteiger partial charge in [0.25, 0.3) is 0 Å². The standard InChI is InChI=1S/C16H24O5/c1-9-4-5-13(20-3)16(19)7-12-10(6-15(9,16)2)11(8-17)14(18)21-12/h9,12-13,17,19H,4-8H2,1-3H3. The fraction of sp³-hybridized carbons (Fsp3) is 0.812. The second kappa shape index (κ2) is 4.80. The summed E-state index contributed by atoms with van der Waals surface area (Å²) in [6.45, 7) is 3.93. The number of hydrogen-bond donors (Lipinski definition) is 2. The summed E-state index contributed by atoms with van der Waals surface area (Å²) in [4.78, 5) is 11.9. The molecular weight excluding hydrogens is 272 g/mol. The second-order valence-electron chi connectivity index (χ2n) is 6.98. The van der Waals surface area contributed by atoms with Crippen LogP contribution in [0.15, 0.2) is 11.1 Å². The molecule has 2 aliphatic carbocycles. The molecule has 0 aromatic heterocycles. The minimum Gasteiger partial charge on any atom is -0.454 e. The smallest absolute Gasteiger partial charge is 0.337 e. The van der Waals surface area contributed by atoms with Gasteiger partial charge >= 0.3 is 5.97 Å². The zero-order chi connectivity index (χ0) is 15.4. The number of aliphatic hydroxyl groups is 2. The van der Waals surface area contributed by atoms with E-state index in [9.17, 15) is 15.0 Å². The maximum atomic E-state index is 11.9. The van der Waals surface area contributed by atoms with Gasteiger partial charge in [-0.25, -0.2) is 4.79 Å². The topological polar surface area (TPSA) is 76.0 Å². The Balaban J connectivity index is 2.05. The van der Waals surface area contributed by atoms with Crippen molar-refractivity contribution in [3.05, 3.63) is 11.1 Å². The van der Waals surface area contributed by atoms with E-state index in [1.54, 1.807) is 7.11 Å². The average Bonchev–Trinajstić information content (AvgIpc) is 2.72. The van der Waals surface area contributed by atoms with Crippen LogP contribution in [0.4, 0.5) is 0 Å². The summed E-state index contributed by atoms with van der Waals surface area (Å²) < 4.78 is 10.9. The van der Waals surface area contributed by atoms with E-state index >= 15 is 0 Å². The van der Waals surface area contributed by atoms with E-state index < -0.39 is 17.7 Å². The second-order valence-corrected chi connectivity index (χ2v) is 6.98. The number of aliphatic hydroxyl groups excluding tert-OH is 1. The fourth-order valence-corrected chi connectivity index (χ4v) is 4.58. The summed E-state index contributed by atoms with van der Waals surface area (Å²) in [6, 6.07) is 0. The van der Waals surface area contributed by atoms with Gasteiger partial charge in [-0.1, -0.05) is 13.8 Å². The fourth-order valence-electron chi connectivity index (χ4n) is 4.58. The van der Waals surface area contributed by atoms with Crippen LogP contribution in [0.1, 0.15) is 39.5 Å². The van der Waals surface area contributed by atoms with Crippen LogP contribution in [0.3, 0.4) is 0 Å². The van der Waals surface area contributed by atoms with E-state index in [1.165, 1.54) is 0 Å². The summed E-state index contributed by atoms with van der Waals surface area (Å²) in [5, 5.41) is 20.8. The number of methoxy groups -OCH3 is 1. The first-order valence-corrected chi connectivity index (χ1v) is 7.66. The largest absolute Gasteiger partial charge is 0.454 e. The van der Waals surface area contributed by atoms with Gasteiger partial charge in [0, 0.05) is 18.9 Å². The van der Waals surface area contributed by atoms with Gasteiger partial charge in [0.1, 0.15) is 11.7 Å². The van der Waals surface area contributed by atoms with Crippen LogP contribution in [0.2, 0.25) is 0 Å². The maximum Gasteiger partial charge on any atom is 0.337 e. The van der Waals surface area contributed by atoms with Crippen LogP contribution < -0.4 is 0 Å². The lowest BCUT2D eigenvalue weighted by Crippen LogP contribution is -2.65. The summed E-state index contributed by atoms with van der Waals surface area (Å²) in [5.41, 5.74) is -0.112. The van der Waals surface area contributed by atoms with Crippen molar-refractivity contribution in [3.8, 4) is 0 Å². The zero-order valence-electron chi connectivity index (χ0n) is 12.9. The molecule has 0 aromatic carbocycles. The van der Waals surface area contributed by atoms with Gasteiger partial charge in [0.15, 0.2) is 0 Å². The molecule has 5 heteroatoms. The Morgan fingerprint density at radius 2 is 2.14 bits per heavy atom. The number of fused-ring (bicyclic) bond motifs is 2. The molecule has 3 aliphatic rings. The number of carbonyl (C=O) groups is 1. The molecule has 5 nitrogen and oxygen atoms in total. The van der Waals surface area contributed by atoms with E-state index in [0.717, 1.165) is 18.4 Å². The first-order valence-electron chi connectivity index (χ1n) is 7.66. The quantitative estimate of drug-likeness (QED) is 0.748. The molecule has 2 N–H and O–H groups in total. The molecule has 1 aliphatic heterocycles. The van der Waals surface area contributed by atoms with Crippen molar-refractivity contribution in [3.63, 3.8) is 0 Å². The zero-order valence-corrected chi connectivity index (χ0v) is 12.9. The molecule has 118 valence electrons. The van der Waals surface area contributed by atoms with Gasteiger partial charge in [0.05, 0.1) is 18.3 Å². The average molecular weight is 296 g/mol. The predicted octanol–water partition coefficient (Wildman–Crippen LogP) is 1.18. The van der Waals surface area contributed by atoms with Gasteiger partial charge in [-0.15, -0.1) is 0 Å². The Morgan fingerprint density at radius 3 is 2.76 bits per heavy atom. The van der Waals surface area contributed by atoms with Crippen LogP contribution in [0, 0.1) is 11.3 Å². The van der Waals surface area contributed by atoms with Crippen molar-refractivity contribution in [1.29, 1.82) is 0 Å². The Bertz CT molecular complexity index is 499. The van der Waals surface area contributed by atoms with Gasteiger partial charge in [-0.3, -0.25) is 0 Å². The van der Waals surface area contributed by atoms with Crippen LogP contribution in [0.25, 0.3) is 0 Å². The number of esters is 1. The SMILES string of the molecule is COC1CCC(C)C2(C)CC3=C(CO)C(=O)OC3CC12O. The molecule has 1 heterocycles. The molecule has 0 radical (unpaired) electrons. The molecule has 0 spiro atoms. The van der Waals surface area contributed by atoms with Crippen LogP contribution in [-0.2, 0) is 14.3 Å². The molecule has 2 fully saturated rings. The van der Waals surface area contributed by atoms with Crippen LogP contribution in [-0.4, -0.2) is 47.7 Å². The molecule has 5 atom stereocenters. The maximum absolute atomic E-state index is 11.9. The summed E-state index contributed by atoms with van der Waals surface area (Å²) in [5.74, 6) is -0.122. The molecule has 0 amide bonds. The normalized spacial score (nSPS) is 46.1. The first kappa shape index (κ1) is 15.0. The Morgan fingerprint density at radius 1 is 1.43 bits per heavy atom. The number of carbonyl (C=O) groups excluding carboxylic acids is 1. The molecule has 3 rings (SSSR count). The molecule has 5 unspecified atom stereocenters. The lowest BCUT2D eigenvalue weighted by molar-refractivity contribution is -0.228. The van der Waals surface area contributed by atoms with Crippen molar-refractivity contribution in [2.75, 3.05) is 13.7 Å². The van der Waals surface area contributed by atoms with Crippen molar-refractivity contribution in [2.45, 2.75) is 57.3 Å². The Kier molecular flexibility index (Phi) is 3.43. The van der Waals surface area contributed by atoms with Gasteiger partial charge in [-0.05, 0) is 30.8 Å². The number of rotatable bonds is 2. The molecule has 0 bridgehead atoms. The lowest BCUT2D eigenvalue weighted by Gasteiger charge is -2.59. The summed E-state index contributed by atoms with van der Waals surface area (Å²) in [6.07, 6.45) is 2.08. The Labute approximate surface area is 124 Å². The summed E-state index contributed by atoms with van der Waals surface area (Å²) >= 11 is 0. The molecule has 0 saturated heterocycles. The van der Waals surface area contributed by atoms with Crippen molar-refractivity contribution >= 4 is 5.97 Å². The van der Waals surface area contributed by atoms with Crippen molar-refractivity contribution in [1.82, 2.24) is 0 Å². The monoisotopic (exact) mass is 296 g/mol. The molecule has 2 saturated carbocycles. The third-order valence-electron chi connectivity index (χ3n) is 6.24. The number of ether oxygens (including phenoxy) is 2. The van der Waals surface area contributed by atoms with E-state index in [2.05, 4.69) is 13.8 Å². The third kappa shape index (κ3) is 1.84. The van der Waals surface area contributed by atoms with Crippen LogP contribution >= 0.6 is 0 Å². The van der Waals surface area contributed by atoms with Gasteiger partial charge in [0.2, 0.25) is 0 Å². The van der Waals surface area contributed by atoms with Gasteiger partial charge < -0.3 is 19.7 Å². The van der Waals surface area contributed by atoms with E-state index in [-0.39, 0.29) is 18.1 Å². The molecule has 0 aromatic rings. The van der Waals surface area contributed by atoms with Crippen molar-refractivity contribution < 1.29 is 24.5 Å². The minimum absolute atomic E-state index is 0.239. The van der Waals surface area contributed by atoms with Crippen LogP contribution in [0.5, 0.6) is 0 Å². The van der Waals surface area contributed by atoms with Crippen molar-refractivity contribution in [2.24, 2.45) is 11.3 Å². The first-order chi connectivity index (χ1) is 9.87. The van der Waals surface area contributed by atoms with Gasteiger partial charge in [-0.2, -0.15) is 0 Å². The van der Waals surface area contributed by atoms with E-state index in [4.69, 9.17) is 9.47 Å². The number of hydrogen-bond acceptors (Lipinski definition) is 5. The van der Waals surface area contributed by atoms with E-state index in [0.29, 0.717) is 24.3 Å². The molecular formula is C16H24O5. The minimum atomic E-state index is -1.00. The predicted molar refractivity (Wildman–Crippen MR) is 75.5 cm³/mol. The highest BCUT2D eigenvalue weighted by atomic mass is 16.6. The summed E-state index contributed by atoms with van der Waals surface area (Å²) in [7, 11) is 1.63. The molecule has 21 heavy (non-hydrogen) atoms. The highest BCUT2D eigenvalue weighted by molar-refractivity contribution is 5.92. The highest BCUT2D eigenvalue weighted by Gasteiger charge is 2.63. The third-order valence-corrected chi connectivity index (χ3v) is 6.24.